The third kappa shape index (κ3) is 1.57. The Morgan fingerprint density at radius 3 is 2.79 bits per heavy atom. The molecule has 1 aliphatic rings. The van der Waals surface area contributed by atoms with Crippen LogP contribution in [0.25, 0.3) is 5.57 Å². The van der Waals surface area contributed by atoms with E-state index >= 15 is 0 Å². The van der Waals surface area contributed by atoms with Crippen LogP contribution in [0.3, 0.4) is 0 Å². The molecule has 2 rings (SSSR count). The van der Waals surface area contributed by atoms with Crippen molar-refractivity contribution in [2.75, 3.05) is 0 Å². The van der Waals surface area contributed by atoms with Gasteiger partial charge in [-0.2, -0.15) is 5.26 Å². The number of nitrogens with zero attached hydrogens (tertiary/aromatic N) is 2. The van der Waals surface area contributed by atoms with Gasteiger partial charge in [0.2, 0.25) is 0 Å². The fourth-order valence-electron chi connectivity index (χ4n) is 1.55. The van der Waals surface area contributed by atoms with E-state index < -0.39 is 0 Å². The predicted molar refractivity (Wildman–Crippen MR) is 55.1 cm³/mol. The molecule has 0 atom stereocenters. The van der Waals surface area contributed by atoms with Gasteiger partial charge in [-0.1, -0.05) is 18.2 Å². The van der Waals surface area contributed by atoms with Gasteiger partial charge in [0.05, 0.1) is 17.3 Å². The maximum atomic E-state index is 8.94. The second-order valence-corrected chi connectivity index (χ2v) is 3.14. The molecule has 2 nitrogen and oxygen atoms in total. The zero-order chi connectivity index (χ0) is 9.80. The van der Waals surface area contributed by atoms with Crippen LogP contribution in [0, 0.1) is 11.3 Å². The molecule has 0 spiro atoms. The minimum Gasteiger partial charge on any atom is -0.256 e. The topological polar surface area (TPSA) is 36.7 Å². The first-order valence-electron chi connectivity index (χ1n) is 4.64. The van der Waals surface area contributed by atoms with Gasteiger partial charge in [-0.05, 0) is 25.0 Å². The monoisotopic (exact) mass is 182 g/mol. The van der Waals surface area contributed by atoms with Crippen LogP contribution in [0.15, 0.2) is 42.1 Å². The van der Waals surface area contributed by atoms with Crippen molar-refractivity contribution in [2.24, 2.45) is 0 Å². The van der Waals surface area contributed by atoms with E-state index in [1.165, 1.54) is 0 Å². The van der Waals surface area contributed by atoms with Gasteiger partial charge in [0, 0.05) is 11.8 Å². The van der Waals surface area contributed by atoms with E-state index in [0.29, 0.717) is 0 Å². The second kappa shape index (κ2) is 3.89. The van der Waals surface area contributed by atoms with Crippen molar-refractivity contribution in [3.8, 4) is 6.07 Å². The second-order valence-electron chi connectivity index (χ2n) is 3.14. The average Bonchev–Trinajstić information content (AvgIpc) is 2.30. The first kappa shape index (κ1) is 8.71. The maximum absolute atomic E-state index is 8.94. The molecule has 1 aromatic rings. The van der Waals surface area contributed by atoms with Crippen molar-refractivity contribution in [3.05, 3.63) is 47.8 Å². The molecule has 1 aliphatic carbocycles. The van der Waals surface area contributed by atoms with Gasteiger partial charge in [-0.3, -0.25) is 4.98 Å². The summed E-state index contributed by atoms with van der Waals surface area (Å²) in [5.74, 6) is 0. The lowest BCUT2D eigenvalue weighted by Gasteiger charge is -2.09. The molecule has 0 N–H and O–H groups in total. The zero-order valence-electron chi connectivity index (χ0n) is 7.77. The molecular weight excluding hydrogens is 172 g/mol. The molecule has 0 unspecified atom stereocenters. The Morgan fingerprint density at radius 2 is 2.07 bits per heavy atom. The Kier molecular flexibility index (Phi) is 2.42. The van der Waals surface area contributed by atoms with Crippen LogP contribution in [0.1, 0.15) is 18.5 Å². The molecule has 0 amide bonds. The van der Waals surface area contributed by atoms with Crippen LogP contribution >= 0.6 is 0 Å². The van der Waals surface area contributed by atoms with Crippen LogP contribution in [0.4, 0.5) is 0 Å². The molecule has 14 heavy (non-hydrogen) atoms. The fraction of sp³-hybridized carbons (Fsp3) is 0.167. The van der Waals surface area contributed by atoms with Gasteiger partial charge in [0.15, 0.2) is 0 Å². The van der Waals surface area contributed by atoms with Crippen molar-refractivity contribution in [2.45, 2.75) is 12.8 Å². The maximum Gasteiger partial charge on any atom is 0.0995 e. The summed E-state index contributed by atoms with van der Waals surface area (Å²) >= 11 is 0. The third-order valence-corrected chi connectivity index (χ3v) is 2.22. The molecule has 68 valence electrons. The molecule has 1 aromatic heterocycles. The summed E-state index contributed by atoms with van der Waals surface area (Å²) in [4.78, 5) is 4.24. The summed E-state index contributed by atoms with van der Waals surface area (Å²) in [5.41, 5.74) is 2.61. The smallest absolute Gasteiger partial charge is 0.0995 e. The van der Waals surface area contributed by atoms with Gasteiger partial charge in [-0.15, -0.1) is 0 Å². The van der Waals surface area contributed by atoms with Crippen molar-refractivity contribution in [3.63, 3.8) is 0 Å². The van der Waals surface area contributed by atoms with Gasteiger partial charge >= 0.3 is 0 Å². The first-order chi connectivity index (χ1) is 6.92. The zero-order valence-corrected chi connectivity index (χ0v) is 7.77. The highest BCUT2D eigenvalue weighted by Gasteiger charge is 2.10. The Bertz CT molecular complexity index is 421. The number of allylic oxidation sites excluding steroid dienone is 4. The highest BCUT2D eigenvalue weighted by atomic mass is 14.7. The summed E-state index contributed by atoms with van der Waals surface area (Å²) < 4.78 is 0. The molecule has 0 radical (unpaired) electrons. The van der Waals surface area contributed by atoms with Crippen LogP contribution < -0.4 is 0 Å². The molecular formula is C12H10N2. The number of hydrogen-bond acceptors (Lipinski definition) is 2. The van der Waals surface area contributed by atoms with Crippen LogP contribution in [0.5, 0.6) is 0 Å². The van der Waals surface area contributed by atoms with Crippen LogP contribution in [0.2, 0.25) is 0 Å². The van der Waals surface area contributed by atoms with E-state index in [9.17, 15) is 0 Å². The van der Waals surface area contributed by atoms with Crippen molar-refractivity contribution >= 4 is 5.57 Å². The molecule has 0 fully saturated rings. The molecule has 0 aliphatic heterocycles. The molecule has 0 saturated carbocycles. The van der Waals surface area contributed by atoms with E-state index in [1.54, 1.807) is 6.20 Å². The summed E-state index contributed by atoms with van der Waals surface area (Å²) in [5, 5.41) is 8.94. The Hall–Kier alpha value is -1.88. The summed E-state index contributed by atoms with van der Waals surface area (Å²) in [6, 6.07) is 7.95. The molecule has 0 bridgehead atoms. The molecule has 0 aromatic carbocycles. The third-order valence-electron chi connectivity index (χ3n) is 2.22. The minimum absolute atomic E-state index is 0.745. The van der Waals surface area contributed by atoms with Crippen LogP contribution in [-0.4, -0.2) is 4.98 Å². The van der Waals surface area contributed by atoms with E-state index in [0.717, 1.165) is 29.7 Å². The normalized spacial score (nSPS) is 15.4. The lowest BCUT2D eigenvalue weighted by molar-refractivity contribution is 1.03. The predicted octanol–water partition coefficient (Wildman–Crippen LogP) is 2.71. The molecule has 2 heteroatoms. The summed E-state index contributed by atoms with van der Waals surface area (Å²) in [6.07, 6.45) is 7.76. The number of hydrogen-bond donors (Lipinski definition) is 0. The van der Waals surface area contributed by atoms with Gasteiger partial charge < -0.3 is 0 Å². The van der Waals surface area contributed by atoms with E-state index in [2.05, 4.69) is 17.1 Å². The standard InChI is InChI=1S/C12H10N2/c13-9-10-5-1-2-6-11(10)12-7-3-4-8-14-12/h3-8H,1-2H2. The van der Waals surface area contributed by atoms with Crippen molar-refractivity contribution < 1.29 is 0 Å². The Balaban J connectivity index is 2.41. The SMILES string of the molecule is N#CC1=CCCC=C1c1ccccn1. The van der Waals surface area contributed by atoms with E-state index in [4.69, 9.17) is 5.26 Å². The quantitative estimate of drug-likeness (QED) is 0.669. The van der Waals surface area contributed by atoms with Gasteiger partial charge in [0.1, 0.15) is 0 Å². The molecule has 0 saturated heterocycles. The minimum atomic E-state index is 0.745. The Labute approximate surface area is 83.2 Å². The van der Waals surface area contributed by atoms with Gasteiger partial charge in [-0.25, -0.2) is 0 Å². The number of nitriles is 1. The van der Waals surface area contributed by atoms with Crippen molar-refractivity contribution in [1.29, 1.82) is 5.26 Å². The first-order valence-corrected chi connectivity index (χ1v) is 4.64. The lowest BCUT2D eigenvalue weighted by Crippen LogP contribution is -1.95. The van der Waals surface area contributed by atoms with E-state index in [-0.39, 0.29) is 0 Å². The molecule has 1 heterocycles. The largest absolute Gasteiger partial charge is 0.256 e. The van der Waals surface area contributed by atoms with Crippen molar-refractivity contribution in [1.82, 2.24) is 4.98 Å². The average molecular weight is 182 g/mol. The highest BCUT2D eigenvalue weighted by Crippen LogP contribution is 2.25. The van der Waals surface area contributed by atoms with E-state index in [1.807, 2.05) is 24.3 Å². The highest BCUT2D eigenvalue weighted by molar-refractivity contribution is 5.81. The van der Waals surface area contributed by atoms with Crippen LogP contribution in [-0.2, 0) is 0 Å². The number of aromatic nitrogens is 1. The summed E-state index contributed by atoms with van der Waals surface area (Å²) in [6.45, 7) is 0. The van der Waals surface area contributed by atoms with Gasteiger partial charge in [0.25, 0.3) is 0 Å². The summed E-state index contributed by atoms with van der Waals surface area (Å²) in [7, 11) is 0. The number of pyridine rings is 1. The lowest BCUT2D eigenvalue weighted by atomic mass is 9.96. The Morgan fingerprint density at radius 1 is 1.21 bits per heavy atom. The number of rotatable bonds is 1. The fourth-order valence-corrected chi connectivity index (χ4v) is 1.55.